The molecule has 1 rings (SSSR count). The van der Waals surface area contributed by atoms with Crippen molar-refractivity contribution in [2.24, 2.45) is 5.73 Å². The molecular formula is C7H5N2O2. The van der Waals surface area contributed by atoms with Gasteiger partial charge in [-0.05, 0) is 12.1 Å². The number of rotatable bonds is 2. The summed E-state index contributed by atoms with van der Waals surface area (Å²) in [5.74, 6) is -0.670. The molecule has 1 aromatic rings. The second kappa shape index (κ2) is 2.92. The van der Waals surface area contributed by atoms with Gasteiger partial charge in [0.25, 0.3) is 12.2 Å². The van der Waals surface area contributed by atoms with E-state index in [1.54, 1.807) is 0 Å². The number of aromatic nitrogens is 1. The number of primary amides is 1. The Bertz CT molecular complexity index is 296. The molecule has 0 aliphatic rings. The third kappa shape index (κ3) is 1.40. The molecule has 0 aromatic carbocycles. The van der Waals surface area contributed by atoms with E-state index in [1.165, 1.54) is 24.6 Å². The van der Waals surface area contributed by atoms with Crippen LogP contribution in [0.1, 0.15) is 16.1 Å². The first-order valence-electron chi connectivity index (χ1n) is 2.88. The summed E-state index contributed by atoms with van der Waals surface area (Å²) in [5, 5.41) is 0. The summed E-state index contributed by atoms with van der Waals surface area (Å²) in [7, 11) is 0. The van der Waals surface area contributed by atoms with Crippen molar-refractivity contribution in [2.45, 2.75) is 0 Å². The van der Waals surface area contributed by atoms with Gasteiger partial charge in [-0.15, -0.1) is 0 Å². The van der Waals surface area contributed by atoms with Crippen LogP contribution in [-0.2, 0) is 4.79 Å². The third-order valence-electron chi connectivity index (χ3n) is 1.17. The summed E-state index contributed by atoms with van der Waals surface area (Å²) >= 11 is 0. The number of amides is 1. The van der Waals surface area contributed by atoms with Crippen LogP contribution in [0.2, 0.25) is 0 Å². The Morgan fingerprint density at radius 2 is 2.36 bits per heavy atom. The van der Waals surface area contributed by atoms with Crippen LogP contribution in [0.4, 0.5) is 0 Å². The highest BCUT2D eigenvalue weighted by Gasteiger charge is 2.06. The minimum absolute atomic E-state index is 0.0417. The molecule has 11 heavy (non-hydrogen) atoms. The standard InChI is InChI=1S/C7H5N2O2/c8-7(11)5-2-1-3-9-6(5)4-10/h1-3H,(H2,8,11). The van der Waals surface area contributed by atoms with Gasteiger partial charge in [0.1, 0.15) is 5.69 Å². The second-order valence-corrected chi connectivity index (χ2v) is 1.87. The maximum atomic E-state index is 10.6. The van der Waals surface area contributed by atoms with E-state index in [1.807, 2.05) is 0 Å². The molecule has 1 radical (unpaired) electrons. The lowest BCUT2D eigenvalue weighted by Gasteiger charge is -1.94. The lowest BCUT2D eigenvalue weighted by molar-refractivity contribution is 0.0999. The molecule has 1 aromatic heterocycles. The normalized spacial score (nSPS) is 9.09. The molecule has 0 saturated heterocycles. The molecule has 0 unspecified atom stereocenters. The number of pyridine rings is 1. The molecule has 4 nitrogen and oxygen atoms in total. The summed E-state index contributed by atoms with van der Waals surface area (Å²) in [6.07, 6.45) is 2.91. The molecule has 0 saturated carbocycles. The molecule has 0 bridgehead atoms. The average molecular weight is 149 g/mol. The number of hydrogen-bond acceptors (Lipinski definition) is 3. The largest absolute Gasteiger partial charge is 0.366 e. The summed E-state index contributed by atoms with van der Waals surface area (Å²) in [4.78, 5) is 24.3. The van der Waals surface area contributed by atoms with E-state index in [9.17, 15) is 9.59 Å². The SMILES string of the molecule is NC(=O)c1cccnc1[C]=O. The van der Waals surface area contributed by atoms with Crippen molar-refractivity contribution >= 4 is 12.2 Å². The van der Waals surface area contributed by atoms with Crippen LogP contribution in [-0.4, -0.2) is 17.2 Å². The van der Waals surface area contributed by atoms with Crippen molar-refractivity contribution in [3.8, 4) is 0 Å². The zero-order valence-corrected chi connectivity index (χ0v) is 5.57. The van der Waals surface area contributed by atoms with Crippen molar-refractivity contribution in [3.63, 3.8) is 0 Å². The number of nitrogens with zero attached hydrogens (tertiary/aromatic N) is 1. The van der Waals surface area contributed by atoms with Gasteiger partial charge in [0.2, 0.25) is 0 Å². The minimum atomic E-state index is -0.670. The Morgan fingerprint density at radius 1 is 1.64 bits per heavy atom. The molecule has 0 aliphatic heterocycles. The van der Waals surface area contributed by atoms with Crippen molar-refractivity contribution in [1.82, 2.24) is 4.98 Å². The first kappa shape index (κ1) is 7.40. The quantitative estimate of drug-likeness (QED) is 0.623. The number of nitrogens with two attached hydrogens (primary N) is 1. The van der Waals surface area contributed by atoms with Gasteiger partial charge in [-0.1, -0.05) is 0 Å². The zero-order chi connectivity index (χ0) is 8.27. The summed E-state index contributed by atoms with van der Waals surface area (Å²) in [6.45, 7) is 0. The number of carbonyl (C=O) groups excluding carboxylic acids is 2. The van der Waals surface area contributed by atoms with Crippen molar-refractivity contribution in [1.29, 1.82) is 0 Å². The maximum absolute atomic E-state index is 10.6. The zero-order valence-electron chi connectivity index (χ0n) is 5.57. The lowest BCUT2D eigenvalue weighted by atomic mass is 10.2. The van der Waals surface area contributed by atoms with E-state index >= 15 is 0 Å². The van der Waals surface area contributed by atoms with Crippen LogP contribution in [0.3, 0.4) is 0 Å². The van der Waals surface area contributed by atoms with Gasteiger partial charge in [-0.3, -0.25) is 14.6 Å². The first-order valence-corrected chi connectivity index (χ1v) is 2.88. The maximum Gasteiger partial charge on any atom is 0.254 e. The van der Waals surface area contributed by atoms with Crippen LogP contribution in [0.25, 0.3) is 0 Å². The average Bonchev–Trinajstić information content (AvgIpc) is 2.04. The van der Waals surface area contributed by atoms with Gasteiger partial charge in [-0.2, -0.15) is 0 Å². The van der Waals surface area contributed by atoms with Gasteiger partial charge in [0.05, 0.1) is 5.56 Å². The van der Waals surface area contributed by atoms with Crippen molar-refractivity contribution in [2.75, 3.05) is 0 Å². The minimum Gasteiger partial charge on any atom is -0.366 e. The highest BCUT2D eigenvalue weighted by Crippen LogP contribution is 1.99. The van der Waals surface area contributed by atoms with Gasteiger partial charge < -0.3 is 5.73 Å². The summed E-state index contributed by atoms with van der Waals surface area (Å²) in [6, 6.07) is 2.95. The van der Waals surface area contributed by atoms with Gasteiger partial charge >= 0.3 is 0 Å². The van der Waals surface area contributed by atoms with Gasteiger partial charge in [-0.25, -0.2) is 0 Å². The Labute approximate surface area is 63.0 Å². The molecule has 0 spiro atoms. The van der Waals surface area contributed by atoms with Gasteiger partial charge in [0.15, 0.2) is 0 Å². The van der Waals surface area contributed by atoms with Crippen molar-refractivity contribution in [3.05, 3.63) is 29.6 Å². The molecule has 55 valence electrons. The second-order valence-electron chi connectivity index (χ2n) is 1.87. The molecule has 0 atom stereocenters. The van der Waals surface area contributed by atoms with Crippen LogP contribution in [0.15, 0.2) is 18.3 Å². The van der Waals surface area contributed by atoms with E-state index in [-0.39, 0.29) is 11.3 Å². The topological polar surface area (TPSA) is 73.1 Å². The van der Waals surface area contributed by atoms with Crippen LogP contribution < -0.4 is 5.73 Å². The van der Waals surface area contributed by atoms with Crippen LogP contribution in [0.5, 0.6) is 0 Å². The first-order chi connectivity index (χ1) is 5.25. The van der Waals surface area contributed by atoms with E-state index in [0.29, 0.717) is 0 Å². The summed E-state index contributed by atoms with van der Waals surface area (Å²) < 4.78 is 0. The Morgan fingerprint density at radius 3 is 2.82 bits per heavy atom. The number of carbonyl (C=O) groups is 1. The third-order valence-corrected chi connectivity index (χ3v) is 1.17. The van der Waals surface area contributed by atoms with E-state index in [0.717, 1.165) is 0 Å². The molecule has 1 heterocycles. The molecular weight excluding hydrogens is 144 g/mol. The fourth-order valence-corrected chi connectivity index (χ4v) is 0.685. The van der Waals surface area contributed by atoms with E-state index in [4.69, 9.17) is 5.73 Å². The van der Waals surface area contributed by atoms with Crippen LogP contribution >= 0.6 is 0 Å². The molecule has 0 fully saturated rings. The van der Waals surface area contributed by atoms with E-state index in [2.05, 4.69) is 4.98 Å². The Hall–Kier alpha value is -1.71. The predicted molar refractivity (Wildman–Crippen MR) is 37.6 cm³/mol. The monoisotopic (exact) mass is 149 g/mol. The fraction of sp³-hybridized carbons (Fsp3) is 0. The molecule has 0 aliphatic carbocycles. The summed E-state index contributed by atoms with van der Waals surface area (Å²) in [5.41, 5.74) is 4.99. The molecule has 2 N–H and O–H groups in total. The smallest absolute Gasteiger partial charge is 0.254 e. The Balaban J connectivity index is 3.22. The van der Waals surface area contributed by atoms with Crippen molar-refractivity contribution < 1.29 is 9.59 Å². The highest BCUT2D eigenvalue weighted by molar-refractivity contribution is 5.99. The van der Waals surface area contributed by atoms with Crippen LogP contribution in [0, 0.1) is 0 Å². The van der Waals surface area contributed by atoms with E-state index < -0.39 is 5.91 Å². The molecule has 4 heteroatoms. The van der Waals surface area contributed by atoms with Gasteiger partial charge in [0, 0.05) is 6.20 Å². The Kier molecular flexibility index (Phi) is 1.96. The fourth-order valence-electron chi connectivity index (χ4n) is 0.685. The highest BCUT2D eigenvalue weighted by atomic mass is 16.1. The molecule has 1 amide bonds. The predicted octanol–water partition coefficient (Wildman–Crippen LogP) is -0.362. The number of hydrogen-bond donors (Lipinski definition) is 1. The lowest BCUT2D eigenvalue weighted by Crippen LogP contribution is -2.14.